The van der Waals surface area contributed by atoms with Crippen LogP contribution < -0.4 is 5.32 Å². The zero-order chi connectivity index (χ0) is 27.1. The number of fused-ring (bicyclic) bond motifs is 1. The van der Waals surface area contributed by atoms with E-state index in [-0.39, 0.29) is 11.7 Å². The number of aromatic nitrogens is 1. The predicted octanol–water partition coefficient (Wildman–Crippen LogP) is 8.21. The van der Waals surface area contributed by atoms with Crippen LogP contribution in [0.2, 0.25) is 0 Å². The van der Waals surface area contributed by atoms with Crippen molar-refractivity contribution in [2.24, 2.45) is 0 Å². The summed E-state index contributed by atoms with van der Waals surface area (Å²) in [6.45, 7) is 15.1. The van der Waals surface area contributed by atoms with Gasteiger partial charge in [-0.25, -0.2) is 0 Å². The van der Waals surface area contributed by atoms with Crippen LogP contribution in [0.1, 0.15) is 64.6 Å². The fraction of sp³-hybridized carbons (Fsp3) is 0.323. The van der Waals surface area contributed by atoms with Crippen molar-refractivity contribution in [2.75, 3.05) is 0 Å². The Morgan fingerprint density at radius 2 is 1.59 bits per heavy atom. The molecular formula is C31H35BrN2O2S. The van der Waals surface area contributed by atoms with Gasteiger partial charge in [0.1, 0.15) is 5.75 Å². The average molecular weight is 580 g/mol. The van der Waals surface area contributed by atoms with Crippen molar-refractivity contribution in [3.63, 3.8) is 0 Å². The SMILES string of the molecule is Cc1ccc(Cn2c(CSc3c(C)cc(C)cc3C)c(C(=O)NC(C)(C)C)c3cc(O)c(Br)cc32)cc1. The lowest BCUT2D eigenvalue weighted by Gasteiger charge is -2.21. The number of halogens is 1. The minimum Gasteiger partial charge on any atom is -0.507 e. The molecule has 0 aliphatic rings. The van der Waals surface area contributed by atoms with Crippen LogP contribution in [0, 0.1) is 27.7 Å². The summed E-state index contributed by atoms with van der Waals surface area (Å²) in [7, 11) is 0. The predicted molar refractivity (Wildman–Crippen MR) is 159 cm³/mol. The lowest BCUT2D eigenvalue weighted by Crippen LogP contribution is -2.40. The van der Waals surface area contributed by atoms with Gasteiger partial charge < -0.3 is 15.0 Å². The third-order valence-corrected chi connectivity index (χ3v) is 8.36. The minimum absolute atomic E-state index is 0.120. The molecule has 0 aliphatic carbocycles. The van der Waals surface area contributed by atoms with Gasteiger partial charge in [0, 0.05) is 33.8 Å². The van der Waals surface area contributed by atoms with Crippen LogP contribution in [0.4, 0.5) is 0 Å². The van der Waals surface area contributed by atoms with E-state index in [4.69, 9.17) is 0 Å². The molecule has 0 saturated carbocycles. The molecule has 4 rings (SSSR count). The highest BCUT2D eigenvalue weighted by Crippen LogP contribution is 2.38. The number of nitrogens with one attached hydrogen (secondary N) is 1. The molecule has 0 bridgehead atoms. The van der Waals surface area contributed by atoms with Crippen LogP contribution in [0.25, 0.3) is 10.9 Å². The Hall–Kier alpha value is -2.70. The van der Waals surface area contributed by atoms with E-state index in [0.29, 0.717) is 22.3 Å². The molecule has 0 spiro atoms. The van der Waals surface area contributed by atoms with Crippen molar-refractivity contribution in [1.82, 2.24) is 9.88 Å². The Kier molecular flexibility index (Phi) is 7.82. The molecule has 1 aromatic heterocycles. The van der Waals surface area contributed by atoms with Gasteiger partial charge in [0.2, 0.25) is 0 Å². The number of benzene rings is 3. The molecule has 4 aromatic rings. The lowest BCUT2D eigenvalue weighted by atomic mass is 10.1. The minimum atomic E-state index is -0.394. The van der Waals surface area contributed by atoms with Crippen LogP contribution in [-0.2, 0) is 12.3 Å². The summed E-state index contributed by atoms with van der Waals surface area (Å²) in [5, 5.41) is 14.5. The highest BCUT2D eigenvalue weighted by Gasteiger charge is 2.27. The molecule has 194 valence electrons. The highest BCUT2D eigenvalue weighted by atomic mass is 79.9. The highest BCUT2D eigenvalue weighted by molar-refractivity contribution is 9.10. The van der Waals surface area contributed by atoms with Gasteiger partial charge in [0.15, 0.2) is 0 Å². The number of phenolic OH excluding ortho intramolecular Hbond substituents is 1. The molecule has 1 heterocycles. The molecular weight excluding hydrogens is 544 g/mol. The quantitative estimate of drug-likeness (QED) is 0.226. The molecule has 2 N–H and O–H groups in total. The average Bonchev–Trinajstić information content (AvgIpc) is 3.06. The monoisotopic (exact) mass is 578 g/mol. The number of thioether (sulfide) groups is 1. The summed E-state index contributed by atoms with van der Waals surface area (Å²) >= 11 is 5.26. The van der Waals surface area contributed by atoms with E-state index < -0.39 is 5.54 Å². The van der Waals surface area contributed by atoms with Gasteiger partial charge in [0.25, 0.3) is 5.91 Å². The van der Waals surface area contributed by atoms with Crippen LogP contribution in [0.15, 0.2) is 57.9 Å². The second-order valence-corrected chi connectivity index (χ2v) is 12.8. The zero-order valence-electron chi connectivity index (χ0n) is 22.6. The maximum absolute atomic E-state index is 13.8. The summed E-state index contributed by atoms with van der Waals surface area (Å²) in [6, 6.07) is 16.5. The number of rotatable bonds is 6. The van der Waals surface area contributed by atoms with Gasteiger partial charge in [-0.05, 0) is 93.2 Å². The maximum atomic E-state index is 13.8. The largest absolute Gasteiger partial charge is 0.507 e. The van der Waals surface area contributed by atoms with E-state index >= 15 is 0 Å². The topological polar surface area (TPSA) is 54.3 Å². The molecule has 0 aliphatic heterocycles. The van der Waals surface area contributed by atoms with Gasteiger partial charge in [-0.15, -0.1) is 11.8 Å². The summed E-state index contributed by atoms with van der Waals surface area (Å²) in [5.41, 5.74) is 8.18. The van der Waals surface area contributed by atoms with E-state index in [2.05, 4.69) is 89.9 Å². The number of nitrogens with zero attached hydrogens (tertiary/aromatic N) is 1. The van der Waals surface area contributed by atoms with Crippen molar-refractivity contribution in [3.05, 3.63) is 92.1 Å². The molecule has 4 nitrogen and oxygen atoms in total. The fourth-order valence-electron chi connectivity index (χ4n) is 4.81. The maximum Gasteiger partial charge on any atom is 0.254 e. The molecule has 0 radical (unpaired) electrons. The van der Waals surface area contributed by atoms with Gasteiger partial charge in [-0.3, -0.25) is 4.79 Å². The molecule has 0 saturated heterocycles. The molecule has 3 aromatic carbocycles. The summed E-state index contributed by atoms with van der Waals surface area (Å²) in [4.78, 5) is 15.0. The second-order valence-electron chi connectivity index (χ2n) is 10.9. The Bertz CT molecular complexity index is 1460. The fourth-order valence-corrected chi connectivity index (χ4v) is 6.29. The number of carbonyl (C=O) groups excluding carboxylic acids is 1. The summed E-state index contributed by atoms with van der Waals surface area (Å²) in [5.74, 6) is 0.611. The van der Waals surface area contributed by atoms with Crippen LogP contribution in [0.5, 0.6) is 5.75 Å². The van der Waals surface area contributed by atoms with Crippen molar-refractivity contribution in [1.29, 1.82) is 0 Å². The van der Waals surface area contributed by atoms with E-state index in [9.17, 15) is 9.90 Å². The van der Waals surface area contributed by atoms with Crippen molar-refractivity contribution < 1.29 is 9.90 Å². The molecule has 0 fully saturated rings. The number of aromatic hydroxyl groups is 1. The number of hydrogen-bond donors (Lipinski definition) is 2. The van der Waals surface area contributed by atoms with Crippen LogP contribution >= 0.6 is 27.7 Å². The van der Waals surface area contributed by atoms with E-state index in [1.165, 1.54) is 27.1 Å². The number of aryl methyl sites for hydroxylation is 4. The third-order valence-electron chi connectivity index (χ3n) is 6.37. The van der Waals surface area contributed by atoms with Gasteiger partial charge in [0.05, 0.1) is 15.6 Å². The molecule has 6 heteroatoms. The Balaban J connectivity index is 1.92. The van der Waals surface area contributed by atoms with Crippen molar-refractivity contribution >= 4 is 44.5 Å². The summed E-state index contributed by atoms with van der Waals surface area (Å²) < 4.78 is 2.84. The molecule has 0 unspecified atom stereocenters. The third kappa shape index (κ3) is 6.07. The molecule has 1 amide bonds. The number of hydrogen-bond acceptors (Lipinski definition) is 3. The zero-order valence-corrected chi connectivity index (χ0v) is 25.0. The smallest absolute Gasteiger partial charge is 0.254 e. The first-order valence-electron chi connectivity index (χ1n) is 12.5. The van der Waals surface area contributed by atoms with Crippen LogP contribution in [-0.4, -0.2) is 21.1 Å². The standard InChI is InChI=1S/C31H35BrN2O2S/c1-18-8-10-22(11-9-18)16-34-25-15-24(32)27(35)14-23(25)28(30(36)33-31(5,6)7)26(34)17-37-29-20(3)12-19(2)13-21(29)4/h8-15,35H,16-17H2,1-7H3,(H,33,36). The Morgan fingerprint density at radius 3 is 2.19 bits per heavy atom. The number of amides is 1. The molecule has 0 atom stereocenters. The van der Waals surface area contributed by atoms with E-state index in [1.807, 2.05) is 26.8 Å². The van der Waals surface area contributed by atoms with Crippen LogP contribution in [0.3, 0.4) is 0 Å². The first-order chi connectivity index (χ1) is 17.3. The Morgan fingerprint density at radius 1 is 0.973 bits per heavy atom. The van der Waals surface area contributed by atoms with Gasteiger partial charge in [-0.1, -0.05) is 47.5 Å². The first kappa shape index (κ1) is 27.3. The van der Waals surface area contributed by atoms with Gasteiger partial charge >= 0.3 is 0 Å². The summed E-state index contributed by atoms with van der Waals surface area (Å²) in [6.07, 6.45) is 0. The second kappa shape index (κ2) is 10.6. The Labute approximate surface area is 232 Å². The number of carbonyl (C=O) groups is 1. The first-order valence-corrected chi connectivity index (χ1v) is 14.2. The van der Waals surface area contributed by atoms with Gasteiger partial charge in [-0.2, -0.15) is 0 Å². The number of phenols is 1. The van der Waals surface area contributed by atoms with E-state index in [0.717, 1.165) is 22.2 Å². The van der Waals surface area contributed by atoms with Crippen molar-refractivity contribution in [3.8, 4) is 5.75 Å². The molecule has 37 heavy (non-hydrogen) atoms. The lowest BCUT2D eigenvalue weighted by molar-refractivity contribution is 0.0920. The van der Waals surface area contributed by atoms with Crippen molar-refractivity contribution in [2.45, 2.75) is 71.2 Å². The normalized spacial score (nSPS) is 11.8. The van der Waals surface area contributed by atoms with E-state index in [1.54, 1.807) is 17.8 Å².